The lowest BCUT2D eigenvalue weighted by Gasteiger charge is -2.10. The smallest absolute Gasteiger partial charge is 0.0542 e. The Kier molecular flexibility index (Phi) is 5.00. The van der Waals surface area contributed by atoms with Crippen LogP contribution in [0.1, 0.15) is 0 Å². The van der Waals surface area contributed by atoms with Gasteiger partial charge in [-0.25, -0.2) is 0 Å². The molecule has 0 aliphatic carbocycles. The molecule has 3 aromatic heterocycles. The van der Waals surface area contributed by atoms with Crippen molar-refractivity contribution in [3.05, 3.63) is 158 Å². The molecule has 0 bridgehead atoms. The van der Waals surface area contributed by atoms with Crippen molar-refractivity contribution in [3.8, 4) is 22.5 Å². The van der Waals surface area contributed by atoms with Crippen LogP contribution in [0.5, 0.6) is 0 Å². The Bertz CT molecular complexity index is 2760. The van der Waals surface area contributed by atoms with Crippen LogP contribution in [-0.4, -0.2) is 14.1 Å². The summed E-state index contributed by atoms with van der Waals surface area (Å²) in [4.78, 5) is 3.56. The van der Waals surface area contributed by atoms with E-state index >= 15 is 0 Å². The maximum atomic E-state index is 3.56. The summed E-state index contributed by atoms with van der Waals surface area (Å²) in [7, 11) is 0. The van der Waals surface area contributed by atoms with E-state index in [0.29, 0.717) is 0 Å². The number of benzene rings is 7. The SMILES string of the molecule is c1ccc(-n2c3ccccc3c3cc(-n4c5ccccc5c5cc(-c6ccc7[nH]c8ccccc8c7c6)ccc54)ccc32)cc1. The highest BCUT2D eigenvalue weighted by atomic mass is 15.0. The molecule has 1 N–H and O–H groups in total. The van der Waals surface area contributed by atoms with Gasteiger partial charge < -0.3 is 14.1 Å². The number of fused-ring (bicyclic) bond motifs is 9. The lowest BCUT2D eigenvalue weighted by Crippen LogP contribution is -1.95. The van der Waals surface area contributed by atoms with E-state index in [4.69, 9.17) is 0 Å². The van der Waals surface area contributed by atoms with Gasteiger partial charge in [-0.3, -0.25) is 0 Å². The lowest BCUT2D eigenvalue weighted by atomic mass is 10.0. The molecule has 0 aliphatic rings. The van der Waals surface area contributed by atoms with Crippen molar-refractivity contribution in [1.82, 2.24) is 14.1 Å². The standard InChI is InChI=1S/C42H27N3/c1-2-10-29(11-3-1)44-39-16-8-6-14-33(39)36-26-30(20-23-42(36)44)45-40-17-9-5-13-32(40)35-25-28(19-22-41(35)45)27-18-21-38-34(24-27)31-12-4-7-15-37(31)43-38/h1-26,43H. The third-order valence-corrected chi connectivity index (χ3v) is 9.44. The number of nitrogens with one attached hydrogen (secondary N) is 1. The molecule has 7 aromatic carbocycles. The van der Waals surface area contributed by atoms with Crippen molar-refractivity contribution in [3.63, 3.8) is 0 Å². The second-order valence-corrected chi connectivity index (χ2v) is 11.9. The number of aromatic amines is 1. The molecule has 0 saturated heterocycles. The van der Waals surface area contributed by atoms with Gasteiger partial charge in [0, 0.05) is 54.7 Å². The number of para-hydroxylation sites is 4. The van der Waals surface area contributed by atoms with Crippen LogP contribution in [0.3, 0.4) is 0 Å². The van der Waals surface area contributed by atoms with E-state index in [1.54, 1.807) is 0 Å². The van der Waals surface area contributed by atoms with E-state index < -0.39 is 0 Å². The average molecular weight is 574 g/mol. The fourth-order valence-corrected chi connectivity index (χ4v) is 7.41. The van der Waals surface area contributed by atoms with Crippen molar-refractivity contribution in [2.45, 2.75) is 0 Å². The molecule has 210 valence electrons. The molecule has 45 heavy (non-hydrogen) atoms. The highest BCUT2D eigenvalue weighted by Crippen LogP contribution is 2.39. The third kappa shape index (κ3) is 3.52. The number of hydrogen-bond donors (Lipinski definition) is 1. The first-order valence-electron chi connectivity index (χ1n) is 15.4. The van der Waals surface area contributed by atoms with Gasteiger partial charge in [0.05, 0.1) is 22.1 Å². The minimum absolute atomic E-state index is 1.16. The van der Waals surface area contributed by atoms with Crippen LogP contribution in [0.4, 0.5) is 0 Å². The molecule has 0 spiro atoms. The Morgan fingerprint density at radius 1 is 0.311 bits per heavy atom. The lowest BCUT2D eigenvalue weighted by molar-refractivity contribution is 1.17. The van der Waals surface area contributed by atoms with Crippen molar-refractivity contribution in [2.75, 3.05) is 0 Å². The first-order chi connectivity index (χ1) is 22.3. The molecule has 0 saturated carbocycles. The Labute approximate surface area is 259 Å². The summed E-state index contributed by atoms with van der Waals surface area (Å²) in [5.41, 5.74) is 12.0. The topological polar surface area (TPSA) is 25.6 Å². The summed E-state index contributed by atoms with van der Waals surface area (Å²) < 4.78 is 4.79. The average Bonchev–Trinajstić information content (AvgIpc) is 3.75. The molecular formula is C42H27N3. The van der Waals surface area contributed by atoms with Crippen LogP contribution in [-0.2, 0) is 0 Å². The van der Waals surface area contributed by atoms with Gasteiger partial charge in [0.1, 0.15) is 0 Å². The predicted octanol–water partition coefficient (Wildman–Crippen LogP) is 11.2. The second kappa shape index (κ2) is 9.22. The number of hydrogen-bond acceptors (Lipinski definition) is 0. The zero-order valence-electron chi connectivity index (χ0n) is 24.4. The molecule has 10 aromatic rings. The van der Waals surface area contributed by atoms with E-state index in [2.05, 4.69) is 172 Å². The van der Waals surface area contributed by atoms with Crippen LogP contribution < -0.4 is 0 Å². The third-order valence-electron chi connectivity index (χ3n) is 9.44. The van der Waals surface area contributed by atoms with Crippen LogP contribution in [0.2, 0.25) is 0 Å². The van der Waals surface area contributed by atoms with Gasteiger partial charge in [0.15, 0.2) is 0 Å². The first-order valence-corrected chi connectivity index (χ1v) is 15.4. The zero-order valence-corrected chi connectivity index (χ0v) is 24.4. The fraction of sp³-hybridized carbons (Fsp3) is 0. The molecule has 0 fully saturated rings. The molecule has 0 radical (unpaired) electrons. The van der Waals surface area contributed by atoms with Crippen molar-refractivity contribution >= 4 is 65.4 Å². The summed E-state index contributed by atoms with van der Waals surface area (Å²) >= 11 is 0. The summed E-state index contributed by atoms with van der Waals surface area (Å²) in [6, 6.07) is 57.3. The van der Waals surface area contributed by atoms with E-state index in [1.807, 2.05) is 0 Å². The Hall–Kier alpha value is -6.06. The molecule has 3 heterocycles. The van der Waals surface area contributed by atoms with E-state index in [9.17, 15) is 0 Å². The normalized spacial score (nSPS) is 12.0. The number of H-pyrrole nitrogens is 1. The summed E-state index contributed by atoms with van der Waals surface area (Å²) in [5.74, 6) is 0. The van der Waals surface area contributed by atoms with Crippen LogP contribution in [0.25, 0.3) is 87.9 Å². The summed E-state index contributed by atoms with van der Waals surface area (Å²) in [6.07, 6.45) is 0. The van der Waals surface area contributed by atoms with Crippen molar-refractivity contribution in [1.29, 1.82) is 0 Å². The van der Waals surface area contributed by atoms with Gasteiger partial charge in [-0.2, -0.15) is 0 Å². The highest BCUT2D eigenvalue weighted by molar-refractivity contribution is 6.13. The number of aromatic nitrogens is 3. The predicted molar refractivity (Wildman–Crippen MR) is 190 cm³/mol. The van der Waals surface area contributed by atoms with Gasteiger partial charge in [0.2, 0.25) is 0 Å². The minimum Gasteiger partial charge on any atom is -0.355 e. The molecule has 10 rings (SSSR count). The van der Waals surface area contributed by atoms with Gasteiger partial charge in [-0.1, -0.05) is 84.9 Å². The molecule has 3 nitrogen and oxygen atoms in total. The van der Waals surface area contributed by atoms with Gasteiger partial charge in [-0.15, -0.1) is 0 Å². The van der Waals surface area contributed by atoms with Gasteiger partial charge >= 0.3 is 0 Å². The molecule has 0 unspecified atom stereocenters. The van der Waals surface area contributed by atoms with E-state index in [0.717, 1.165) is 5.69 Å². The van der Waals surface area contributed by atoms with E-state index in [1.165, 1.54) is 82.2 Å². The Balaban J connectivity index is 1.19. The van der Waals surface area contributed by atoms with Crippen molar-refractivity contribution in [2.24, 2.45) is 0 Å². The molecular weight excluding hydrogens is 546 g/mol. The quantitative estimate of drug-likeness (QED) is 0.218. The summed E-state index contributed by atoms with van der Waals surface area (Å²) in [5, 5.41) is 7.54. The maximum Gasteiger partial charge on any atom is 0.0542 e. The molecule has 3 heteroatoms. The second-order valence-electron chi connectivity index (χ2n) is 11.9. The first kappa shape index (κ1) is 24.4. The molecule has 0 amide bonds. The van der Waals surface area contributed by atoms with Crippen LogP contribution in [0, 0.1) is 0 Å². The Morgan fingerprint density at radius 3 is 1.58 bits per heavy atom. The summed E-state index contributed by atoms with van der Waals surface area (Å²) in [6.45, 7) is 0. The van der Waals surface area contributed by atoms with Crippen molar-refractivity contribution < 1.29 is 0 Å². The zero-order chi connectivity index (χ0) is 29.5. The molecule has 0 aliphatic heterocycles. The minimum atomic E-state index is 1.16. The molecule has 0 atom stereocenters. The van der Waals surface area contributed by atoms with Crippen LogP contribution in [0.15, 0.2) is 158 Å². The Morgan fingerprint density at radius 2 is 0.822 bits per heavy atom. The fourth-order valence-electron chi connectivity index (χ4n) is 7.41. The maximum absolute atomic E-state index is 3.56. The van der Waals surface area contributed by atoms with E-state index in [-0.39, 0.29) is 0 Å². The van der Waals surface area contributed by atoms with Crippen LogP contribution >= 0.6 is 0 Å². The largest absolute Gasteiger partial charge is 0.355 e. The highest BCUT2D eigenvalue weighted by Gasteiger charge is 2.17. The monoisotopic (exact) mass is 573 g/mol. The van der Waals surface area contributed by atoms with Gasteiger partial charge in [0.25, 0.3) is 0 Å². The number of nitrogens with zero attached hydrogens (tertiary/aromatic N) is 2. The van der Waals surface area contributed by atoms with Gasteiger partial charge in [-0.05, 0) is 83.9 Å². The number of rotatable bonds is 3.